The summed E-state index contributed by atoms with van der Waals surface area (Å²) in [7, 11) is 1.88. The van der Waals surface area contributed by atoms with E-state index in [1.54, 1.807) is 0 Å². The number of carbonyl (C=O) groups is 2. The van der Waals surface area contributed by atoms with E-state index in [1.807, 2.05) is 26.6 Å². The summed E-state index contributed by atoms with van der Waals surface area (Å²) in [6.07, 6.45) is 5.07. The zero-order valence-electron chi connectivity index (χ0n) is 17.7. The summed E-state index contributed by atoms with van der Waals surface area (Å²) >= 11 is 0. The molecule has 150 valence electrons. The third-order valence-corrected chi connectivity index (χ3v) is 5.75. The van der Waals surface area contributed by atoms with Crippen LogP contribution in [-0.2, 0) is 0 Å². The maximum absolute atomic E-state index is 12.7. The van der Waals surface area contributed by atoms with E-state index in [1.165, 1.54) is 0 Å². The molecule has 0 aliphatic carbocycles. The molecule has 2 heterocycles. The molecule has 2 saturated heterocycles. The first-order valence-corrected chi connectivity index (χ1v) is 10.1. The van der Waals surface area contributed by atoms with Crippen LogP contribution in [0.1, 0.15) is 66.7 Å². The molecule has 6 heteroatoms. The van der Waals surface area contributed by atoms with Gasteiger partial charge in [-0.2, -0.15) is 0 Å². The summed E-state index contributed by atoms with van der Waals surface area (Å²) in [5, 5.41) is 0. The lowest BCUT2D eigenvalue weighted by Crippen LogP contribution is -2.56. The van der Waals surface area contributed by atoms with Crippen LogP contribution < -0.4 is 0 Å². The second-order valence-electron chi connectivity index (χ2n) is 9.42. The zero-order chi connectivity index (χ0) is 19.5. The summed E-state index contributed by atoms with van der Waals surface area (Å²) in [5.74, 6) is 0. The van der Waals surface area contributed by atoms with Crippen LogP contribution in [0.3, 0.4) is 0 Å². The highest BCUT2D eigenvalue weighted by Gasteiger charge is 2.35. The Kier molecular flexibility index (Phi) is 6.46. The molecule has 0 bridgehead atoms. The molecule has 4 amide bonds. The van der Waals surface area contributed by atoms with E-state index in [4.69, 9.17) is 0 Å². The van der Waals surface area contributed by atoms with E-state index in [0.717, 1.165) is 64.8 Å². The molecule has 0 aromatic rings. The summed E-state index contributed by atoms with van der Waals surface area (Å²) in [6, 6.07) is 0.323. The number of unbranched alkanes of at least 4 members (excludes halogenated alkanes) is 1. The van der Waals surface area contributed by atoms with Crippen LogP contribution in [0, 0.1) is 0 Å². The van der Waals surface area contributed by atoms with Crippen LogP contribution in [0.5, 0.6) is 0 Å². The first kappa shape index (κ1) is 20.8. The van der Waals surface area contributed by atoms with Gasteiger partial charge >= 0.3 is 12.1 Å². The lowest BCUT2D eigenvalue weighted by atomic mass is 9.94. The molecular formula is C20H38N4O2. The molecule has 0 N–H and O–H groups in total. The van der Waals surface area contributed by atoms with Gasteiger partial charge in [-0.15, -0.1) is 0 Å². The van der Waals surface area contributed by atoms with Crippen molar-refractivity contribution in [3.8, 4) is 0 Å². The Morgan fingerprint density at radius 2 is 1.42 bits per heavy atom. The van der Waals surface area contributed by atoms with Crippen LogP contribution in [-0.4, -0.2) is 82.5 Å². The van der Waals surface area contributed by atoms with E-state index < -0.39 is 0 Å². The standard InChI is InChI=1S/C20H38N4O2/c1-19(2,3)23-15-10-14-22(18(23)26)13-8-7-11-20(4,5)24-16-9-12-21(6)17(24)25/h7-16H2,1-6H3. The minimum Gasteiger partial charge on any atom is -0.328 e. The van der Waals surface area contributed by atoms with Gasteiger partial charge in [0.15, 0.2) is 0 Å². The molecule has 6 nitrogen and oxygen atoms in total. The van der Waals surface area contributed by atoms with Gasteiger partial charge in [0.25, 0.3) is 0 Å². The van der Waals surface area contributed by atoms with E-state index in [-0.39, 0.29) is 23.1 Å². The number of rotatable bonds is 6. The number of carbonyl (C=O) groups excluding carboxylic acids is 2. The molecule has 2 aliphatic rings. The normalized spacial score (nSPS) is 20.2. The molecule has 2 fully saturated rings. The lowest BCUT2D eigenvalue weighted by molar-refractivity contribution is 0.0759. The minimum absolute atomic E-state index is 0.113. The van der Waals surface area contributed by atoms with Gasteiger partial charge in [0.1, 0.15) is 0 Å². The molecule has 2 rings (SSSR count). The quantitative estimate of drug-likeness (QED) is 0.674. The third kappa shape index (κ3) is 4.83. The van der Waals surface area contributed by atoms with E-state index in [0.29, 0.717) is 0 Å². The summed E-state index contributed by atoms with van der Waals surface area (Å²) in [5.41, 5.74) is -0.243. The highest BCUT2D eigenvalue weighted by atomic mass is 16.2. The van der Waals surface area contributed by atoms with Crippen LogP contribution in [0.4, 0.5) is 9.59 Å². The lowest BCUT2D eigenvalue weighted by Gasteiger charge is -2.44. The van der Waals surface area contributed by atoms with Crippen molar-refractivity contribution in [2.24, 2.45) is 0 Å². The third-order valence-electron chi connectivity index (χ3n) is 5.75. The Labute approximate surface area is 159 Å². The Morgan fingerprint density at radius 3 is 2.08 bits per heavy atom. The Morgan fingerprint density at radius 1 is 0.808 bits per heavy atom. The molecule has 26 heavy (non-hydrogen) atoms. The fourth-order valence-electron chi connectivity index (χ4n) is 4.03. The molecule has 2 aliphatic heterocycles. The minimum atomic E-state index is -0.130. The fourth-order valence-corrected chi connectivity index (χ4v) is 4.03. The molecule has 0 unspecified atom stereocenters. The SMILES string of the molecule is CN1CCCN(C(C)(C)CCCCN2CCCN(C(C)(C)C)C2=O)C1=O. The van der Waals surface area contributed by atoms with Gasteiger partial charge in [-0.1, -0.05) is 0 Å². The number of hydrogen-bond acceptors (Lipinski definition) is 2. The first-order valence-electron chi connectivity index (χ1n) is 10.1. The van der Waals surface area contributed by atoms with Crippen molar-refractivity contribution in [1.29, 1.82) is 0 Å². The van der Waals surface area contributed by atoms with Crippen LogP contribution >= 0.6 is 0 Å². The zero-order valence-corrected chi connectivity index (χ0v) is 17.7. The Bertz CT molecular complexity index is 512. The van der Waals surface area contributed by atoms with Crippen LogP contribution in [0.15, 0.2) is 0 Å². The van der Waals surface area contributed by atoms with Crippen molar-refractivity contribution in [2.75, 3.05) is 39.8 Å². The number of amides is 4. The summed E-state index contributed by atoms with van der Waals surface area (Å²) in [6.45, 7) is 14.9. The smallest absolute Gasteiger partial charge is 0.320 e. The van der Waals surface area contributed by atoms with Gasteiger partial charge in [-0.25, -0.2) is 9.59 Å². The predicted molar refractivity (Wildman–Crippen MR) is 105 cm³/mol. The van der Waals surface area contributed by atoms with E-state index in [2.05, 4.69) is 34.6 Å². The Hall–Kier alpha value is -1.46. The second kappa shape index (κ2) is 8.05. The van der Waals surface area contributed by atoms with E-state index >= 15 is 0 Å². The van der Waals surface area contributed by atoms with Gasteiger partial charge < -0.3 is 19.6 Å². The van der Waals surface area contributed by atoms with Gasteiger partial charge in [0.05, 0.1) is 0 Å². The maximum atomic E-state index is 12.7. The average molecular weight is 367 g/mol. The fraction of sp³-hybridized carbons (Fsp3) is 0.900. The van der Waals surface area contributed by atoms with Crippen molar-refractivity contribution in [1.82, 2.24) is 19.6 Å². The predicted octanol–water partition coefficient (Wildman–Crippen LogP) is 3.62. The van der Waals surface area contributed by atoms with Gasteiger partial charge in [0.2, 0.25) is 0 Å². The van der Waals surface area contributed by atoms with Crippen molar-refractivity contribution < 1.29 is 9.59 Å². The largest absolute Gasteiger partial charge is 0.328 e. The van der Waals surface area contributed by atoms with Crippen LogP contribution in [0.2, 0.25) is 0 Å². The maximum Gasteiger partial charge on any atom is 0.320 e. The highest BCUT2D eigenvalue weighted by Crippen LogP contribution is 2.26. The number of nitrogens with zero attached hydrogens (tertiary/aromatic N) is 4. The Balaban J connectivity index is 1.80. The van der Waals surface area contributed by atoms with E-state index in [9.17, 15) is 9.59 Å². The van der Waals surface area contributed by atoms with Gasteiger partial charge in [-0.3, -0.25) is 0 Å². The van der Waals surface area contributed by atoms with Gasteiger partial charge in [0, 0.05) is 50.8 Å². The van der Waals surface area contributed by atoms with Gasteiger partial charge in [-0.05, 0) is 66.7 Å². The molecule has 0 saturated carbocycles. The second-order valence-corrected chi connectivity index (χ2v) is 9.42. The molecule has 0 aromatic carbocycles. The number of urea groups is 2. The van der Waals surface area contributed by atoms with Crippen molar-refractivity contribution >= 4 is 12.1 Å². The molecule has 0 spiro atoms. The topological polar surface area (TPSA) is 47.1 Å². The molecule has 0 aromatic heterocycles. The first-order chi connectivity index (χ1) is 12.0. The average Bonchev–Trinajstić information content (AvgIpc) is 2.54. The highest BCUT2D eigenvalue weighted by molar-refractivity contribution is 5.76. The molecular weight excluding hydrogens is 328 g/mol. The molecule has 0 atom stereocenters. The van der Waals surface area contributed by atoms with Crippen molar-refractivity contribution in [3.63, 3.8) is 0 Å². The van der Waals surface area contributed by atoms with Crippen molar-refractivity contribution in [2.45, 2.75) is 77.8 Å². The summed E-state index contributed by atoms with van der Waals surface area (Å²) in [4.78, 5) is 32.9. The number of hydrogen-bond donors (Lipinski definition) is 0. The monoisotopic (exact) mass is 366 g/mol. The molecule has 0 radical (unpaired) electrons. The van der Waals surface area contributed by atoms with Crippen molar-refractivity contribution in [3.05, 3.63) is 0 Å². The van der Waals surface area contributed by atoms with Crippen LogP contribution in [0.25, 0.3) is 0 Å². The summed E-state index contributed by atoms with van der Waals surface area (Å²) < 4.78 is 0.